The number of ether oxygens (including phenoxy) is 1. The number of benzene rings is 3. The number of amides is 2. The Balaban J connectivity index is 1.55. The SMILES string of the molecule is Cc1ccc(S[C@]2(C(=O)NCCN3CCOCC3)CC(=O)N(Cc3ccccc3)[C@@H]2c2ccc(CO)cc2I)cc1. The van der Waals surface area contributed by atoms with Crippen LogP contribution in [0.5, 0.6) is 0 Å². The number of likely N-dealkylation sites (tertiary alicyclic amines) is 1. The van der Waals surface area contributed by atoms with Gasteiger partial charge in [-0.05, 0) is 64.4 Å². The molecular weight excluding hydrogens is 649 g/mol. The van der Waals surface area contributed by atoms with Gasteiger partial charge in [0, 0.05) is 41.2 Å². The van der Waals surface area contributed by atoms with Gasteiger partial charge in [0.15, 0.2) is 0 Å². The molecule has 0 aliphatic carbocycles. The van der Waals surface area contributed by atoms with E-state index in [-0.39, 0.29) is 24.8 Å². The van der Waals surface area contributed by atoms with E-state index in [2.05, 4.69) is 32.8 Å². The van der Waals surface area contributed by atoms with Gasteiger partial charge in [0.1, 0.15) is 4.75 Å². The van der Waals surface area contributed by atoms with Crippen molar-refractivity contribution in [2.75, 3.05) is 39.4 Å². The number of rotatable bonds is 10. The highest BCUT2D eigenvalue weighted by Crippen LogP contribution is 2.54. The summed E-state index contributed by atoms with van der Waals surface area (Å²) in [6, 6.07) is 23.4. The highest BCUT2D eigenvalue weighted by molar-refractivity contribution is 14.1. The predicted octanol–water partition coefficient (Wildman–Crippen LogP) is 4.55. The van der Waals surface area contributed by atoms with E-state index in [1.807, 2.05) is 84.6 Å². The molecule has 9 heteroatoms. The Hall–Kier alpha value is -2.44. The van der Waals surface area contributed by atoms with Crippen molar-refractivity contribution in [2.45, 2.75) is 42.2 Å². The van der Waals surface area contributed by atoms with Crippen molar-refractivity contribution in [1.29, 1.82) is 0 Å². The Morgan fingerprint density at radius 1 is 1.07 bits per heavy atom. The number of halogens is 1. The molecule has 3 aromatic carbocycles. The number of carbonyl (C=O) groups is 2. The van der Waals surface area contributed by atoms with Gasteiger partial charge >= 0.3 is 0 Å². The van der Waals surface area contributed by atoms with Crippen LogP contribution in [0.4, 0.5) is 0 Å². The van der Waals surface area contributed by atoms with Gasteiger partial charge in [-0.2, -0.15) is 0 Å². The lowest BCUT2D eigenvalue weighted by molar-refractivity contribution is -0.129. The van der Waals surface area contributed by atoms with Crippen LogP contribution in [0, 0.1) is 10.5 Å². The van der Waals surface area contributed by atoms with Crippen LogP contribution in [-0.2, 0) is 27.5 Å². The lowest BCUT2D eigenvalue weighted by Crippen LogP contribution is -2.50. The number of aliphatic hydroxyl groups is 1. The molecular formula is C32H36IN3O4S. The second kappa shape index (κ2) is 13.7. The molecule has 3 aromatic rings. The Bertz CT molecular complexity index is 1350. The molecule has 0 aromatic heterocycles. The molecule has 0 bridgehead atoms. The second-order valence-corrected chi connectivity index (χ2v) is 13.2. The number of hydrogen-bond acceptors (Lipinski definition) is 6. The maximum absolute atomic E-state index is 14.4. The summed E-state index contributed by atoms with van der Waals surface area (Å²) < 4.78 is 5.30. The maximum atomic E-state index is 14.4. The van der Waals surface area contributed by atoms with Crippen LogP contribution < -0.4 is 5.32 Å². The van der Waals surface area contributed by atoms with Crippen LogP contribution in [0.3, 0.4) is 0 Å². The largest absolute Gasteiger partial charge is 0.392 e. The molecule has 2 saturated heterocycles. The second-order valence-electron chi connectivity index (χ2n) is 10.6. The first kappa shape index (κ1) is 30.0. The van der Waals surface area contributed by atoms with Gasteiger partial charge in [0.25, 0.3) is 0 Å². The molecule has 2 fully saturated rings. The first-order valence-electron chi connectivity index (χ1n) is 14.0. The normalized spacial score (nSPS) is 21.3. The van der Waals surface area contributed by atoms with E-state index in [1.165, 1.54) is 11.8 Å². The van der Waals surface area contributed by atoms with Crippen molar-refractivity contribution < 1.29 is 19.4 Å². The zero-order valence-electron chi connectivity index (χ0n) is 23.2. The summed E-state index contributed by atoms with van der Waals surface area (Å²) in [6.07, 6.45) is 0.0876. The minimum atomic E-state index is -1.09. The molecule has 2 aliphatic rings. The highest BCUT2D eigenvalue weighted by atomic mass is 127. The van der Waals surface area contributed by atoms with E-state index >= 15 is 0 Å². The number of hydrogen-bond donors (Lipinski definition) is 2. The molecule has 41 heavy (non-hydrogen) atoms. The van der Waals surface area contributed by atoms with E-state index in [9.17, 15) is 14.7 Å². The topological polar surface area (TPSA) is 82.1 Å². The number of nitrogens with one attached hydrogen (secondary N) is 1. The molecule has 216 valence electrons. The molecule has 2 atom stereocenters. The lowest BCUT2D eigenvalue weighted by Gasteiger charge is -2.37. The smallest absolute Gasteiger partial charge is 0.239 e. The fourth-order valence-electron chi connectivity index (χ4n) is 5.55. The molecule has 0 saturated carbocycles. The van der Waals surface area contributed by atoms with Gasteiger partial charge in [-0.1, -0.05) is 60.2 Å². The first-order chi connectivity index (χ1) is 19.9. The Morgan fingerprint density at radius 2 is 1.80 bits per heavy atom. The molecule has 2 amide bonds. The van der Waals surface area contributed by atoms with Gasteiger partial charge < -0.3 is 20.1 Å². The van der Waals surface area contributed by atoms with Gasteiger partial charge in [-0.25, -0.2) is 0 Å². The van der Waals surface area contributed by atoms with Crippen molar-refractivity contribution in [3.05, 3.63) is 98.6 Å². The lowest BCUT2D eigenvalue weighted by atomic mass is 9.90. The Labute approximate surface area is 259 Å². The fourth-order valence-corrected chi connectivity index (χ4v) is 7.84. The summed E-state index contributed by atoms with van der Waals surface area (Å²) >= 11 is 3.75. The van der Waals surface area contributed by atoms with Crippen LogP contribution in [0.1, 0.15) is 34.7 Å². The van der Waals surface area contributed by atoms with Gasteiger partial charge in [-0.15, -0.1) is 11.8 Å². The molecule has 2 aliphatic heterocycles. The number of aryl methyl sites for hydroxylation is 1. The number of aliphatic hydroxyl groups excluding tert-OH is 1. The molecule has 2 heterocycles. The summed E-state index contributed by atoms with van der Waals surface area (Å²) in [5, 5.41) is 13.0. The summed E-state index contributed by atoms with van der Waals surface area (Å²) in [4.78, 5) is 33.5. The van der Waals surface area contributed by atoms with Crippen LogP contribution >= 0.6 is 34.4 Å². The van der Waals surface area contributed by atoms with E-state index < -0.39 is 10.8 Å². The van der Waals surface area contributed by atoms with Crippen molar-refractivity contribution in [3.63, 3.8) is 0 Å². The van der Waals surface area contributed by atoms with Crippen molar-refractivity contribution in [2.24, 2.45) is 0 Å². The summed E-state index contributed by atoms with van der Waals surface area (Å²) in [5.41, 5.74) is 3.85. The first-order valence-corrected chi connectivity index (χ1v) is 15.9. The average molecular weight is 686 g/mol. The number of thioether (sulfide) groups is 1. The fraction of sp³-hybridized carbons (Fsp3) is 0.375. The minimum absolute atomic E-state index is 0.0520. The number of morpholine rings is 1. The van der Waals surface area contributed by atoms with E-state index in [1.54, 1.807) is 0 Å². The molecule has 5 rings (SSSR count). The number of carbonyl (C=O) groups excluding carboxylic acids is 2. The highest BCUT2D eigenvalue weighted by Gasteiger charge is 2.58. The van der Waals surface area contributed by atoms with E-state index in [4.69, 9.17) is 4.74 Å². The number of nitrogens with zero attached hydrogens (tertiary/aromatic N) is 2. The summed E-state index contributed by atoms with van der Waals surface area (Å²) in [7, 11) is 0. The van der Waals surface area contributed by atoms with Gasteiger partial charge in [0.05, 0.1) is 32.3 Å². The zero-order valence-corrected chi connectivity index (χ0v) is 26.2. The van der Waals surface area contributed by atoms with E-state index in [0.29, 0.717) is 26.3 Å². The third-order valence-corrected chi connectivity index (χ3v) is 10.1. The summed E-state index contributed by atoms with van der Waals surface area (Å²) in [6.45, 7) is 6.70. The molecule has 0 spiro atoms. The van der Waals surface area contributed by atoms with Crippen molar-refractivity contribution in [3.8, 4) is 0 Å². The zero-order chi connectivity index (χ0) is 28.8. The molecule has 0 unspecified atom stereocenters. The standard InChI is InChI=1S/C32H36IN3O4S/c1-23-7-10-26(11-8-23)41-32(31(39)34-13-14-35-15-17-40-18-16-35)20-29(38)36(21-24-5-3-2-4-6-24)30(32)27-12-9-25(22-37)19-28(27)33/h2-12,19,30,37H,13-18,20-22H2,1H3,(H,34,39)/t30-,32-/m1/s1. The Kier molecular flexibility index (Phi) is 10.0. The summed E-state index contributed by atoms with van der Waals surface area (Å²) in [5.74, 6) is -0.184. The third-order valence-electron chi connectivity index (χ3n) is 7.75. The Morgan fingerprint density at radius 3 is 2.49 bits per heavy atom. The predicted molar refractivity (Wildman–Crippen MR) is 169 cm³/mol. The van der Waals surface area contributed by atoms with Crippen LogP contribution in [0.15, 0.2) is 77.7 Å². The molecule has 2 N–H and O–H groups in total. The molecule has 0 radical (unpaired) electrons. The third kappa shape index (κ3) is 6.97. The quantitative estimate of drug-likeness (QED) is 0.305. The van der Waals surface area contributed by atoms with Crippen LogP contribution in [0.2, 0.25) is 0 Å². The van der Waals surface area contributed by atoms with Crippen LogP contribution in [0.25, 0.3) is 0 Å². The average Bonchev–Trinajstić information content (AvgIpc) is 3.26. The monoisotopic (exact) mass is 685 g/mol. The van der Waals surface area contributed by atoms with Gasteiger partial charge in [0.2, 0.25) is 11.8 Å². The van der Waals surface area contributed by atoms with E-state index in [0.717, 1.165) is 50.4 Å². The maximum Gasteiger partial charge on any atom is 0.239 e. The minimum Gasteiger partial charge on any atom is -0.392 e. The van der Waals surface area contributed by atoms with Crippen molar-refractivity contribution >= 4 is 46.2 Å². The van der Waals surface area contributed by atoms with Crippen molar-refractivity contribution in [1.82, 2.24) is 15.1 Å². The van der Waals surface area contributed by atoms with Gasteiger partial charge in [-0.3, -0.25) is 14.5 Å². The van der Waals surface area contributed by atoms with Crippen LogP contribution in [-0.4, -0.2) is 70.9 Å². The molecule has 7 nitrogen and oxygen atoms in total.